The highest BCUT2D eigenvalue weighted by atomic mass is 127. The fourth-order valence-corrected chi connectivity index (χ4v) is 3.27. The summed E-state index contributed by atoms with van der Waals surface area (Å²) < 4.78 is 2.73. The second-order valence-electron chi connectivity index (χ2n) is 5.65. The molecule has 0 saturated heterocycles. The van der Waals surface area contributed by atoms with E-state index in [1.807, 2.05) is 55.5 Å². The number of amides is 1. The summed E-state index contributed by atoms with van der Waals surface area (Å²) in [4.78, 5) is 24.5. The van der Waals surface area contributed by atoms with Crippen molar-refractivity contribution in [3.63, 3.8) is 0 Å². The Kier molecular flexibility index (Phi) is 4.99. The van der Waals surface area contributed by atoms with E-state index in [1.165, 1.54) is 0 Å². The minimum atomic E-state index is -0.149. The van der Waals surface area contributed by atoms with Gasteiger partial charge in [-0.3, -0.25) is 14.2 Å². The molecule has 0 aliphatic heterocycles. The Hall–Kier alpha value is -2.15. The monoisotopic (exact) mass is 432 g/mol. The summed E-state index contributed by atoms with van der Waals surface area (Å²) in [6.07, 6.45) is 2.10. The van der Waals surface area contributed by atoms with Gasteiger partial charge in [-0.05, 0) is 65.4 Å². The van der Waals surface area contributed by atoms with Crippen LogP contribution < -0.4 is 5.32 Å². The second kappa shape index (κ2) is 7.17. The molecule has 4 nitrogen and oxygen atoms in total. The maximum atomic E-state index is 12.4. The van der Waals surface area contributed by atoms with Gasteiger partial charge in [0.05, 0.1) is 5.52 Å². The number of benzene rings is 2. The molecule has 3 rings (SSSR count). The van der Waals surface area contributed by atoms with Gasteiger partial charge in [0.15, 0.2) is 0 Å². The van der Waals surface area contributed by atoms with Crippen LogP contribution in [0.1, 0.15) is 23.2 Å². The number of carbonyl (C=O) groups excluding carboxylic acids is 2. The summed E-state index contributed by atoms with van der Waals surface area (Å²) in [5.74, 6) is -0.227. The van der Waals surface area contributed by atoms with Crippen LogP contribution in [0.4, 0.5) is 5.69 Å². The molecule has 0 atom stereocenters. The van der Waals surface area contributed by atoms with Crippen molar-refractivity contribution in [2.75, 3.05) is 5.32 Å². The summed E-state index contributed by atoms with van der Waals surface area (Å²) >= 11 is 2.23. The van der Waals surface area contributed by atoms with E-state index >= 15 is 0 Å². The fraction of sp³-hybridized carbons (Fsp3) is 0.158. The maximum absolute atomic E-state index is 12.4. The minimum absolute atomic E-state index is 0.0781. The van der Waals surface area contributed by atoms with Crippen LogP contribution in [0.5, 0.6) is 0 Å². The molecular weight excluding hydrogens is 415 g/mol. The topological polar surface area (TPSA) is 51.1 Å². The summed E-state index contributed by atoms with van der Waals surface area (Å²) in [5, 5.41) is 3.89. The van der Waals surface area contributed by atoms with Crippen molar-refractivity contribution in [3.05, 3.63) is 63.9 Å². The smallest absolute Gasteiger partial charge is 0.231 e. The van der Waals surface area contributed by atoms with Crippen molar-refractivity contribution in [1.82, 2.24) is 4.57 Å². The fourth-order valence-electron chi connectivity index (χ4n) is 2.62. The number of aromatic nitrogens is 1. The van der Waals surface area contributed by atoms with Crippen molar-refractivity contribution in [2.24, 2.45) is 0 Å². The Labute approximate surface area is 154 Å². The number of aryl methyl sites for hydroxylation is 1. The lowest BCUT2D eigenvalue weighted by molar-refractivity contribution is -0.116. The molecule has 0 radical (unpaired) electrons. The zero-order valence-electron chi connectivity index (χ0n) is 13.3. The number of nitrogens with zero attached hydrogens (tertiary/aromatic N) is 1. The minimum Gasteiger partial charge on any atom is -0.326 e. The summed E-state index contributed by atoms with van der Waals surface area (Å²) in [7, 11) is 0. The van der Waals surface area contributed by atoms with Gasteiger partial charge in [-0.1, -0.05) is 18.2 Å². The van der Waals surface area contributed by atoms with Crippen LogP contribution in [0.25, 0.3) is 10.9 Å². The zero-order chi connectivity index (χ0) is 17.1. The first-order chi connectivity index (χ1) is 11.5. The Bertz CT molecular complexity index is 915. The van der Waals surface area contributed by atoms with E-state index in [1.54, 1.807) is 10.8 Å². The van der Waals surface area contributed by atoms with Gasteiger partial charge in [0.25, 0.3) is 0 Å². The van der Waals surface area contributed by atoms with E-state index in [2.05, 4.69) is 27.9 Å². The first kappa shape index (κ1) is 16.7. The van der Waals surface area contributed by atoms with Crippen LogP contribution in [-0.4, -0.2) is 16.4 Å². The Morgan fingerprint density at radius 2 is 1.88 bits per heavy atom. The molecular formula is C19H17IN2O2. The van der Waals surface area contributed by atoms with Crippen LogP contribution in [0.2, 0.25) is 0 Å². The first-order valence-electron chi connectivity index (χ1n) is 7.70. The number of fused-ring (bicyclic) bond motifs is 1. The van der Waals surface area contributed by atoms with Gasteiger partial charge < -0.3 is 5.32 Å². The molecule has 1 heterocycles. The zero-order valence-corrected chi connectivity index (χ0v) is 15.4. The van der Waals surface area contributed by atoms with Crippen molar-refractivity contribution >= 4 is 51.0 Å². The van der Waals surface area contributed by atoms with Crippen molar-refractivity contribution < 1.29 is 9.59 Å². The molecule has 1 N–H and O–H groups in total. The van der Waals surface area contributed by atoms with E-state index < -0.39 is 0 Å². The number of hydrogen-bond acceptors (Lipinski definition) is 2. The summed E-state index contributed by atoms with van der Waals surface area (Å²) in [6, 6.07) is 15.5. The lowest BCUT2D eigenvalue weighted by Crippen LogP contribution is -2.16. The van der Waals surface area contributed by atoms with Gasteiger partial charge in [-0.25, -0.2) is 0 Å². The molecule has 1 amide bonds. The largest absolute Gasteiger partial charge is 0.326 e. The third kappa shape index (κ3) is 3.67. The van der Waals surface area contributed by atoms with Crippen LogP contribution in [-0.2, 0) is 4.79 Å². The van der Waals surface area contributed by atoms with Crippen LogP contribution in [0.3, 0.4) is 0 Å². The lowest BCUT2D eigenvalue weighted by atomic mass is 10.2. The molecule has 0 spiro atoms. The Balaban J connectivity index is 1.62. The predicted octanol–water partition coefficient (Wildman–Crippen LogP) is 4.61. The summed E-state index contributed by atoms with van der Waals surface area (Å²) in [5.41, 5.74) is 2.67. The van der Waals surface area contributed by atoms with E-state index in [0.717, 1.165) is 25.7 Å². The highest BCUT2D eigenvalue weighted by Gasteiger charge is 2.12. The number of nitrogens with one attached hydrogen (secondary N) is 1. The SMILES string of the molecule is Cc1cc(I)ccc1NC(=O)CCC(=O)n1ccc2ccccc21. The molecule has 0 bridgehead atoms. The molecule has 0 fully saturated rings. The molecule has 0 saturated carbocycles. The number of hydrogen-bond donors (Lipinski definition) is 1. The molecule has 2 aromatic carbocycles. The maximum Gasteiger partial charge on any atom is 0.231 e. The van der Waals surface area contributed by atoms with Gasteiger partial charge in [0, 0.05) is 33.7 Å². The molecule has 0 unspecified atom stereocenters. The highest BCUT2D eigenvalue weighted by Crippen LogP contribution is 2.19. The van der Waals surface area contributed by atoms with Gasteiger partial charge in [-0.2, -0.15) is 0 Å². The lowest BCUT2D eigenvalue weighted by Gasteiger charge is -2.09. The number of anilines is 1. The number of rotatable bonds is 4. The predicted molar refractivity (Wildman–Crippen MR) is 104 cm³/mol. The van der Waals surface area contributed by atoms with E-state index in [4.69, 9.17) is 0 Å². The molecule has 24 heavy (non-hydrogen) atoms. The van der Waals surface area contributed by atoms with Crippen LogP contribution in [0.15, 0.2) is 54.7 Å². The normalized spacial score (nSPS) is 10.8. The highest BCUT2D eigenvalue weighted by molar-refractivity contribution is 14.1. The third-order valence-corrected chi connectivity index (χ3v) is 4.57. The molecule has 5 heteroatoms. The van der Waals surface area contributed by atoms with Crippen molar-refractivity contribution in [1.29, 1.82) is 0 Å². The number of carbonyl (C=O) groups is 2. The van der Waals surface area contributed by atoms with Gasteiger partial charge in [0.2, 0.25) is 11.8 Å². The molecule has 1 aromatic heterocycles. The first-order valence-corrected chi connectivity index (χ1v) is 8.78. The van der Waals surface area contributed by atoms with Crippen LogP contribution in [0, 0.1) is 10.5 Å². The van der Waals surface area contributed by atoms with Gasteiger partial charge in [-0.15, -0.1) is 0 Å². The standard InChI is InChI=1S/C19H17IN2O2/c1-13-12-15(20)6-7-16(13)21-18(23)8-9-19(24)22-11-10-14-4-2-3-5-17(14)22/h2-7,10-12H,8-9H2,1H3,(H,21,23). The van der Waals surface area contributed by atoms with E-state index in [-0.39, 0.29) is 24.7 Å². The number of halogens is 1. The molecule has 0 aliphatic rings. The van der Waals surface area contributed by atoms with Gasteiger partial charge >= 0.3 is 0 Å². The average molecular weight is 432 g/mol. The average Bonchev–Trinajstić information content (AvgIpc) is 2.99. The summed E-state index contributed by atoms with van der Waals surface area (Å²) in [6.45, 7) is 1.95. The molecule has 3 aromatic rings. The van der Waals surface area contributed by atoms with E-state index in [0.29, 0.717) is 0 Å². The van der Waals surface area contributed by atoms with Gasteiger partial charge in [0.1, 0.15) is 0 Å². The molecule has 0 aliphatic carbocycles. The van der Waals surface area contributed by atoms with E-state index in [9.17, 15) is 9.59 Å². The Morgan fingerprint density at radius 1 is 1.08 bits per heavy atom. The molecule has 122 valence electrons. The Morgan fingerprint density at radius 3 is 2.67 bits per heavy atom. The van der Waals surface area contributed by atoms with Crippen molar-refractivity contribution in [2.45, 2.75) is 19.8 Å². The van der Waals surface area contributed by atoms with Crippen LogP contribution >= 0.6 is 22.6 Å². The van der Waals surface area contributed by atoms with Crippen molar-refractivity contribution in [3.8, 4) is 0 Å². The second-order valence-corrected chi connectivity index (χ2v) is 6.89. The quantitative estimate of drug-likeness (QED) is 0.613. The third-order valence-electron chi connectivity index (χ3n) is 3.90. The number of para-hydroxylation sites is 1.